The number of carbonyl (C=O) groups is 3. The Bertz CT molecular complexity index is 516. The second-order valence-corrected chi connectivity index (χ2v) is 4.99. The summed E-state index contributed by atoms with van der Waals surface area (Å²) in [4.78, 5) is 33.1. The van der Waals surface area contributed by atoms with Gasteiger partial charge in [0.15, 0.2) is 12.2 Å². The fourth-order valence-electron chi connectivity index (χ4n) is 1.35. The summed E-state index contributed by atoms with van der Waals surface area (Å²) in [7, 11) is 3.96. The van der Waals surface area contributed by atoms with Gasteiger partial charge in [-0.3, -0.25) is 4.79 Å². The zero-order valence-corrected chi connectivity index (χ0v) is 13.4. The van der Waals surface area contributed by atoms with E-state index in [9.17, 15) is 14.4 Å². The third-order valence-electron chi connectivity index (χ3n) is 2.69. The molecule has 1 amide bonds. The first kappa shape index (κ1) is 21.5. The number of hydrogen-bond donors (Lipinski definition) is 5. The number of rotatable bonds is 7. The molecule has 0 fully saturated rings. The SMILES string of the molecule is CN(C)CCNC(=O)c1ccccc1.O=C(O)[C@H](O)[C@@H](O)C(=O)O. The summed E-state index contributed by atoms with van der Waals surface area (Å²) in [6.45, 7) is 1.54. The minimum atomic E-state index is -2.27. The third-order valence-corrected chi connectivity index (χ3v) is 2.69. The molecule has 9 heteroatoms. The van der Waals surface area contributed by atoms with Crippen molar-refractivity contribution >= 4 is 17.8 Å². The fraction of sp³-hybridized carbons (Fsp3) is 0.400. The molecular weight excluding hydrogens is 320 g/mol. The molecule has 0 heterocycles. The number of carboxylic acids is 2. The van der Waals surface area contributed by atoms with Crippen LogP contribution in [0.2, 0.25) is 0 Å². The number of nitrogens with zero attached hydrogens (tertiary/aromatic N) is 1. The number of aliphatic hydroxyl groups excluding tert-OH is 2. The van der Waals surface area contributed by atoms with Gasteiger partial charge in [-0.05, 0) is 26.2 Å². The van der Waals surface area contributed by atoms with Crippen molar-refractivity contribution < 1.29 is 34.8 Å². The lowest BCUT2D eigenvalue weighted by Gasteiger charge is -2.10. The number of carboxylic acid groups (broad SMARTS) is 2. The van der Waals surface area contributed by atoms with Crippen molar-refractivity contribution in [2.45, 2.75) is 12.2 Å². The van der Waals surface area contributed by atoms with Crippen LogP contribution in [0, 0.1) is 0 Å². The van der Waals surface area contributed by atoms with Crippen LogP contribution < -0.4 is 5.32 Å². The first-order chi connectivity index (χ1) is 11.2. The van der Waals surface area contributed by atoms with Crippen LogP contribution in [0.3, 0.4) is 0 Å². The van der Waals surface area contributed by atoms with Gasteiger partial charge in [0.1, 0.15) is 0 Å². The average Bonchev–Trinajstić information content (AvgIpc) is 2.54. The maximum Gasteiger partial charge on any atom is 0.335 e. The molecule has 0 aliphatic carbocycles. The largest absolute Gasteiger partial charge is 0.479 e. The fourth-order valence-corrected chi connectivity index (χ4v) is 1.35. The molecule has 1 rings (SSSR count). The number of aliphatic carboxylic acids is 2. The monoisotopic (exact) mass is 342 g/mol. The lowest BCUT2D eigenvalue weighted by molar-refractivity contribution is -0.165. The number of hydrogen-bond acceptors (Lipinski definition) is 6. The Balaban J connectivity index is 0.000000470. The van der Waals surface area contributed by atoms with Crippen molar-refractivity contribution in [3.05, 3.63) is 35.9 Å². The molecular formula is C15H22N2O7. The summed E-state index contributed by atoms with van der Waals surface area (Å²) >= 11 is 0. The average molecular weight is 342 g/mol. The van der Waals surface area contributed by atoms with E-state index < -0.39 is 24.1 Å². The number of benzene rings is 1. The summed E-state index contributed by atoms with van der Waals surface area (Å²) in [5.41, 5.74) is 0.714. The van der Waals surface area contributed by atoms with E-state index in [1.807, 2.05) is 49.3 Å². The van der Waals surface area contributed by atoms with Crippen LogP contribution in [-0.2, 0) is 9.59 Å². The van der Waals surface area contributed by atoms with Crippen molar-refractivity contribution in [1.29, 1.82) is 0 Å². The van der Waals surface area contributed by atoms with E-state index in [-0.39, 0.29) is 5.91 Å². The molecule has 0 aliphatic rings. The number of nitrogens with one attached hydrogen (secondary N) is 1. The molecule has 0 saturated carbocycles. The summed E-state index contributed by atoms with van der Waals surface area (Å²) in [6, 6.07) is 9.24. The Kier molecular flexibility index (Phi) is 9.96. The van der Waals surface area contributed by atoms with E-state index in [1.165, 1.54) is 0 Å². The van der Waals surface area contributed by atoms with E-state index >= 15 is 0 Å². The molecule has 0 unspecified atom stereocenters. The lowest BCUT2D eigenvalue weighted by Crippen LogP contribution is -2.39. The summed E-state index contributed by atoms with van der Waals surface area (Å²) in [6.07, 6.45) is -4.53. The van der Waals surface area contributed by atoms with Gasteiger partial charge in [0.05, 0.1) is 0 Å². The van der Waals surface area contributed by atoms with Crippen LogP contribution in [0.25, 0.3) is 0 Å². The van der Waals surface area contributed by atoms with Gasteiger partial charge < -0.3 is 30.6 Å². The molecule has 0 saturated heterocycles. The lowest BCUT2D eigenvalue weighted by atomic mass is 10.2. The highest BCUT2D eigenvalue weighted by Crippen LogP contribution is 1.97. The minimum Gasteiger partial charge on any atom is -0.479 e. The molecule has 0 bridgehead atoms. The standard InChI is InChI=1S/C11H16N2O.C4H6O6/c1-13(2)9-8-12-11(14)10-6-4-3-5-7-10;5-1(3(7)8)2(6)4(9)10/h3-7H,8-9H2,1-2H3,(H,12,14);1-2,5-6H,(H,7,8)(H,9,10)/t;1-,2-/m.1/s1. The predicted octanol–water partition coefficient (Wildman–Crippen LogP) is -1.14. The highest BCUT2D eigenvalue weighted by atomic mass is 16.4. The first-order valence-electron chi connectivity index (χ1n) is 6.96. The number of carbonyl (C=O) groups excluding carboxylic acids is 1. The summed E-state index contributed by atoms with van der Waals surface area (Å²) < 4.78 is 0. The summed E-state index contributed by atoms with van der Waals surface area (Å²) in [5.74, 6) is -3.54. The highest BCUT2D eigenvalue weighted by Gasteiger charge is 2.29. The maximum absolute atomic E-state index is 11.5. The normalized spacial score (nSPS) is 12.5. The van der Waals surface area contributed by atoms with Crippen molar-refractivity contribution in [3.63, 3.8) is 0 Å². The van der Waals surface area contributed by atoms with Crippen LogP contribution in [0.5, 0.6) is 0 Å². The number of likely N-dealkylation sites (N-methyl/N-ethyl adjacent to an activating group) is 1. The van der Waals surface area contributed by atoms with E-state index in [0.29, 0.717) is 12.1 Å². The Morgan fingerprint density at radius 1 is 1.00 bits per heavy atom. The van der Waals surface area contributed by atoms with Gasteiger partial charge in [-0.15, -0.1) is 0 Å². The molecule has 134 valence electrons. The van der Waals surface area contributed by atoms with E-state index in [4.69, 9.17) is 20.4 Å². The van der Waals surface area contributed by atoms with Crippen molar-refractivity contribution in [3.8, 4) is 0 Å². The first-order valence-corrected chi connectivity index (χ1v) is 6.96. The van der Waals surface area contributed by atoms with Gasteiger partial charge in [0.2, 0.25) is 0 Å². The Labute approximate surface area is 139 Å². The molecule has 24 heavy (non-hydrogen) atoms. The van der Waals surface area contributed by atoms with Crippen LogP contribution in [0.1, 0.15) is 10.4 Å². The molecule has 9 nitrogen and oxygen atoms in total. The number of amides is 1. The summed E-state index contributed by atoms with van der Waals surface area (Å²) in [5, 5.41) is 35.4. The van der Waals surface area contributed by atoms with Crippen LogP contribution in [0.4, 0.5) is 0 Å². The molecule has 0 spiro atoms. The van der Waals surface area contributed by atoms with Gasteiger partial charge in [-0.25, -0.2) is 9.59 Å². The zero-order chi connectivity index (χ0) is 18.7. The quantitative estimate of drug-likeness (QED) is 0.417. The second-order valence-electron chi connectivity index (χ2n) is 4.99. The molecule has 0 aliphatic heterocycles. The zero-order valence-electron chi connectivity index (χ0n) is 13.4. The second kappa shape index (κ2) is 11.1. The van der Waals surface area contributed by atoms with Crippen LogP contribution >= 0.6 is 0 Å². The number of aliphatic hydroxyl groups is 2. The Morgan fingerprint density at radius 2 is 1.46 bits per heavy atom. The topological polar surface area (TPSA) is 147 Å². The third kappa shape index (κ3) is 8.83. The van der Waals surface area contributed by atoms with Gasteiger partial charge in [-0.2, -0.15) is 0 Å². The van der Waals surface area contributed by atoms with Crippen LogP contribution in [0.15, 0.2) is 30.3 Å². The smallest absolute Gasteiger partial charge is 0.335 e. The Morgan fingerprint density at radius 3 is 1.83 bits per heavy atom. The molecule has 1 aromatic rings. The predicted molar refractivity (Wildman–Crippen MR) is 84.6 cm³/mol. The van der Waals surface area contributed by atoms with Crippen molar-refractivity contribution in [2.24, 2.45) is 0 Å². The Hall–Kier alpha value is -2.49. The molecule has 5 N–H and O–H groups in total. The van der Waals surface area contributed by atoms with Crippen molar-refractivity contribution in [2.75, 3.05) is 27.2 Å². The van der Waals surface area contributed by atoms with Gasteiger partial charge in [-0.1, -0.05) is 18.2 Å². The van der Waals surface area contributed by atoms with Crippen LogP contribution in [-0.4, -0.2) is 82.6 Å². The van der Waals surface area contributed by atoms with Crippen molar-refractivity contribution in [1.82, 2.24) is 10.2 Å². The van der Waals surface area contributed by atoms with E-state index in [2.05, 4.69) is 5.32 Å². The molecule has 2 atom stereocenters. The molecule has 0 radical (unpaired) electrons. The molecule has 1 aromatic carbocycles. The highest BCUT2D eigenvalue weighted by molar-refractivity contribution is 5.94. The minimum absolute atomic E-state index is 0.00699. The molecule has 0 aromatic heterocycles. The van der Waals surface area contributed by atoms with Gasteiger partial charge >= 0.3 is 11.9 Å². The maximum atomic E-state index is 11.5. The van der Waals surface area contributed by atoms with E-state index in [1.54, 1.807) is 0 Å². The van der Waals surface area contributed by atoms with Gasteiger partial charge in [0, 0.05) is 18.7 Å². The van der Waals surface area contributed by atoms with E-state index in [0.717, 1.165) is 6.54 Å². The van der Waals surface area contributed by atoms with Gasteiger partial charge in [0.25, 0.3) is 5.91 Å².